The fourth-order valence-electron chi connectivity index (χ4n) is 5.31. The molecule has 1 fully saturated rings. The molecule has 7 rings (SSSR count). The molecule has 0 aliphatic carbocycles. The highest BCUT2D eigenvalue weighted by Crippen LogP contribution is 2.38. The molecule has 1 aliphatic rings. The minimum atomic E-state index is -0.0731. The van der Waals surface area contributed by atoms with Crippen LogP contribution in [0.3, 0.4) is 0 Å². The summed E-state index contributed by atoms with van der Waals surface area (Å²) in [5, 5.41) is 13.8. The normalized spacial score (nSPS) is 13.5. The highest BCUT2D eigenvalue weighted by Gasteiger charge is 2.21. The monoisotopic (exact) mass is 500 g/mol. The van der Waals surface area contributed by atoms with E-state index in [4.69, 9.17) is 9.72 Å². The molecule has 188 valence electrons. The topological polar surface area (TPSA) is 63.2 Å². The molecule has 0 amide bonds. The van der Waals surface area contributed by atoms with Crippen molar-refractivity contribution in [3.63, 3.8) is 0 Å². The summed E-state index contributed by atoms with van der Waals surface area (Å²) in [7, 11) is 0. The average Bonchev–Trinajstić information content (AvgIpc) is 3.71. The number of anilines is 1. The van der Waals surface area contributed by atoms with Crippen molar-refractivity contribution in [2.24, 2.45) is 0 Å². The van der Waals surface area contributed by atoms with Crippen molar-refractivity contribution in [2.45, 2.75) is 26.2 Å². The third-order valence-corrected chi connectivity index (χ3v) is 7.26. The summed E-state index contributed by atoms with van der Waals surface area (Å²) >= 11 is 0. The van der Waals surface area contributed by atoms with Crippen LogP contribution in [0, 0.1) is 0 Å². The minimum absolute atomic E-state index is 0.0731. The van der Waals surface area contributed by atoms with E-state index in [2.05, 4.69) is 77.7 Å². The predicted molar refractivity (Wildman–Crippen MR) is 153 cm³/mol. The number of aromatic nitrogens is 3. The zero-order valence-electron chi connectivity index (χ0n) is 21.6. The first-order chi connectivity index (χ1) is 18.4. The minimum Gasteiger partial charge on any atom is -0.506 e. The number of benzene rings is 3. The second-order valence-corrected chi connectivity index (χ2v) is 10.9. The molecular formula is C32H28N4O2. The Hall–Kier alpha value is -4.58. The number of para-hydroxylation sites is 1. The Labute approximate surface area is 220 Å². The number of pyridine rings is 2. The van der Waals surface area contributed by atoms with Gasteiger partial charge in [-0.05, 0) is 47.4 Å². The van der Waals surface area contributed by atoms with E-state index >= 15 is 0 Å². The van der Waals surface area contributed by atoms with Crippen LogP contribution in [-0.4, -0.2) is 32.7 Å². The number of hydrogen-bond acceptors (Lipinski definition) is 5. The lowest BCUT2D eigenvalue weighted by Crippen LogP contribution is -2.11. The zero-order valence-corrected chi connectivity index (χ0v) is 21.6. The van der Waals surface area contributed by atoms with E-state index in [1.165, 1.54) is 5.69 Å². The summed E-state index contributed by atoms with van der Waals surface area (Å²) in [4.78, 5) is 11.7. The molecule has 1 saturated heterocycles. The van der Waals surface area contributed by atoms with Gasteiger partial charge in [-0.25, -0.2) is 9.97 Å². The van der Waals surface area contributed by atoms with Gasteiger partial charge in [0.25, 0.3) is 0 Å². The molecule has 0 unspecified atom stereocenters. The van der Waals surface area contributed by atoms with Gasteiger partial charge in [0, 0.05) is 59.3 Å². The smallest absolute Gasteiger partial charge is 0.219 e. The van der Waals surface area contributed by atoms with Crippen molar-refractivity contribution < 1.29 is 9.84 Å². The van der Waals surface area contributed by atoms with E-state index in [0.29, 0.717) is 17.1 Å². The Balaban J connectivity index is 1.35. The van der Waals surface area contributed by atoms with E-state index in [-0.39, 0.29) is 11.2 Å². The van der Waals surface area contributed by atoms with Gasteiger partial charge in [0.15, 0.2) is 0 Å². The van der Waals surface area contributed by atoms with Gasteiger partial charge in [0.1, 0.15) is 22.8 Å². The number of fused-ring (bicyclic) bond motifs is 4. The van der Waals surface area contributed by atoms with Crippen LogP contribution >= 0.6 is 0 Å². The molecular weight excluding hydrogens is 472 g/mol. The molecule has 1 aliphatic heterocycles. The van der Waals surface area contributed by atoms with Gasteiger partial charge in [-0.3, -0.25) is 4.57 Å². The third-order valence-electron chi connectivity index (χ3n) is 7.26. The molecule has 0 atom stereocenters. The first kappa shape index (κ1) is 22.6. The molecule has 4 heterocycles. The van der Waals surface area contributed by atoms with Gasteiger partial charge in [-0.1, -0.05) is 45.0 Å². The van der Waals surface area contributed by atoms with Crippen molar-refractivity contribution >= 4 is 38.4 Å². The van der Waals surface area contributed by atoms with Crippen LogP contribution in [0.4, 0.5) is 5.69 Å². The highest BCUT2D eigenvalue weighted by atomic mass is 16.5. The number of rotatable bonds is 4. The fourth-order valence-corrected chi connectivity index (χ4v) is 5.31. The lowest BCUT2D eigenvalue weighted by atomic mass is 9.84. The van der Waals surface area contributed by atoms with Crippen LogP contribution in [0.25, 0.3) is 38.5 Å². The standard InChI is InChI=1S/C32H28N4O2/c1-32(2,3)25-11-12-28(37)31-24(25)10-13-30(34-31)38-21-8-9-23-22-6-4-5-7-26(22)36(27(23)19-21)29-18-20(14-15-33-29)35-16-17-35/h4-15,18-19,37H,16-17H2,1-3H3. The zero-order chi connectivity index (χ0) is 26.0. The van der Waals surface area contributed by atoms with E-state index in [9.17, 15) is 5.11 Å². The largest absolute Gasteiger partial charge is 0.506 e. The second-order valence-electron chi connectivity index (χ2n) is 10.9. The van der Waals surface area contributed by atoms with E-state index in [0.717, 1.165) is 51.7 Å². The Morgan fingerprint density at radius 1 is 0.816 bits per heavy atom. The van der Waals surface area contributed by atoms with E-state index in [1.807, 2.05) is 36.5 Å². The highest BCUT2D eigenvalue weighted by molar-refractivity contribution is 6.09. The summed E-state index contributed by atoms with van der Waals surface area (Å²) in [6.07, 6.45) is 1.88. The first-order valence-electron chi connectivity index (χ1n) is 12.9. The molecule has 0 bridgehead atoms. The Morgan fingerprint density at radius 2 is 1.61 bits per heavy atom. The maximum atomic E-state index is 10.6. The average molecular weight is 501 g/mol. The van der Waals surface area contributed by atoms with Crippen molar-refractivity contribution in [2.75, 3.05) is 18.0 Å². The van der Waals surface area contributed by atoms with E-state index < -0.39 is 0 Å². The lowest BCUT2D eigenvalue weighted by Gasteiger charge is -2.21. The summed E-state index contributed by atoms with van der Waals surface area (Å²) in [5.74, 6) is 2.12. The van der Waals surface area contributed by atoms with Crippen LogP contribution in [0.1, 0.15) is 26.3 Å². The van der Waals surface area contributed by atoms with Crippen LogP contribution in [0.15, 0.2) is 85.1 Å². The van der Waals surface area contributed by atoms with Crippen molar-refractivity contribution in [1.29, 1.82) is 0 Å². The first-order valence-corrected chi connectivity index (χ1v) is 12.9. The molecule has 0 saturated carbocycles. The summed E-state index contributed by atoms with van der Waals surface area (Å²) in [6, 6.07) is 26.2. The lowest BCUT2D eigenvalue weighted by molar-refractivity contribution is 0.460. The van der Waals surface area contributed by atoms with Crippen LogP contribution in [-0.2, 0) is 5.41 Å². The maximum absolute atomic E-state index is 10.6. The quantitative estimate of drug-likeness (QED) is 0.257. The molecule has 3 aromatic heterocycles. The summed E-state index contributed by atoms with van der Waals surface area (Å²) in [5.41, 5.74) is 4.89. The molecule has 0 spiro atoms. The number of nitrogens with zero attached hydrogens (tertiary/aromatic N) is 4. The van der Waals surface area contributed by atoms with Crippen molar-refractivity contribution in [1.82, 2.24) is 14.5 Å². The summed E-state index contributed by atoms with van der Waals surface area (Å²) in [6.45, 7) is 8.64. The number of phenols is 1. The third kappa shape index (κ3) is 3.72. The molecule has 38 heavy (non-hydrogen) atoms. The van der Waals surface area contributed by atoms with Crippen LogP contribution in [0.2, 0.25) is 0 Å². The Kier molecular flexibility index (Phi) is 4.89. The number of phenolic OH excluding ortho intramolecular Hbond substituents is 1. The van der Waals surface area contributed by atoms with Crippen LogP contribution in [0.5, 0.6) is 17.4 Å². The molecule has 3 aromatic carbocycles. The van der Waals surface area contributed by atoms with Gasteiger partial charge in [0.2, 0.25) is 5.88 Å². The number of ether oxygens (including phenoxy) is 1. The van der Waals surface area contributed by atoms with E-state index in [1.54, 1.807) is 6.07 Å². The van der Waals surface area contributed by atoms with Crippen molar-refractivity contribution in [3.8, 4) is 23.2 Å². The molecule has 6 aromatic rings. The number of hydrogen-bond donors (Lipinski definition) is 1. The van der Waals surface area contributed by atoms with Gasteiger partial charge >= 0.3 is 0 Å². The Bertz CT molecular complexity index is 1860. The summed E-state index contributed by atoms with van der Waals surface area (Å²) < 4.78 is 8.46. The molecule has 6 heteroatoms. The van der Waals surface area contributed by atoms with Gasteiger partial charge in [0.05, 0.1) is 11.0 Å². The predicted octanol–water partition coefficient (Wildman–Crippen LogP) is 7.34. The molecule has 6 nitrogen and oxygen atoms in total. The van der Waals surface area contributed by atoms with Crippen LogP contribution < -0.4 is 9.64 Å². The van der Waals surface area contributed by atoms with Gasteiger partial charge < -0.3 is 14.7 Å². The number of aromatic hydroxyl groups is 1. The Morgan fingerprint density at radius 3 is 2.42 bits per heavy atom. The molecule has 0 radical (unpaired) electrons. The van der Waals surface area contributed by atoms with Crippen molar-refractivity contribution in [3.05, 3.63) is 90.6 Å². The second kappa shape index (κ2) is 8.21. The van der Waals surface area contributed by atoms with Gasteiger partial charge in [-0.15, -0.1) is 0 Å². The SMILES string of the molecule is CC(C)(C)c1ccc(O)c2nc(Oc3ccc4c5ccccc5n(-c5cc(N6CC6)ccn5)c4c3)ccc12. The van der Waals surface area contributed by atoms with Gasteiger partial charge in [-0.2, -0.15) is 0 Å². The maximum Gasteiger partial charge on any atom is 0.219 e. The molecule has 1 N–H and O–H groups in total. The fraction of sp³-hybridized carbons (Fsp3) is 0.188.